The summed E-state index contributed by atoms with van der Waals surface area (Å²) in [5, 5.41) is 2.94. The summed E-state index contributed by atoms with van der Waals surface area (Å²) in [6.07, 6.45) is 0.923. The van der Waals surface area contributed by atoms with Gasteiger partial charge in [-0.2, -0.15) is 11.8 Å². The second-order valence-electron chi connectivity index (χ2n) is 8.23. The van der Waals surface area contributed by atoms with Gasteiger partial charge in [0.1, 0.15) is 0 Å². The average molecular weight is 448 g/mol. The highest BCUT2D eigenvalue weighted by Crippen LogP contribution is 2.16. The van der Waals surface area contributed by atoms with Crippen LogP contribution in [0.15, 0.2) is 24.3 Å². The summed E-state index contributed by atoms with van der Waals surface area (Å²) in [4.78, 5) is 45.0. The van der Waals surface area contributed by atoms with Crippen molar-refractivity contribution in [2.75, 3.05) is 83.3 Å². The van der Waals surface area contributed by atoms with Crippen LogP contribution in [0.5, 0.6) is 0 Å². The number of nitrogens with zero attached hydrogens (tertiary/aromatic N) is 4. The Hall–Kier alpha value is -2.10. The fourth-order valence-corrected chi connectivity index (χ4v) is 4.66. The molecule has 2 heterocycles. The number of hydrogen-bond acceptors (Lipinski definition) is 6. The molecule has 1 N–H and O–H groups in total. The minimum Gasteiger partial charge on any atom is -0.348 e. The van der Waals surface area contributed by atoms with Crippen molar-refractivity contribution >= 4 is 35.2 Å². The first kappa shape index (κ1) is 23.6. The molecule has 3 amide bonds. The molecule has 2 saturated heterocycles. The maximum absolute atomic E-state index is 12.7. The monoisotopic (exact) mass is 447 g/mol. The number of amides is 3. The Morgan fingerprint density at radius 3 is 2.32 bits per heavy atom. The minimum atomic E-state index is -0.0863. The number of likely N-dealkylation sites (N-methyl/N-ethyl adjacent to an activating group) is 1. The van der Waals surface area contributed by atoms with E-state index in [4.69, 9.17) is 0 Å². The van der Waals surface area contributed by atoms with Gasteiger partial charge in [0.2, 0.25) is 11.8 Å². The molecule has 170 valence electrons. The third kappa shape index (κ3) is 7.22. The lowest BCUT2D eigenvalue weighted by molar-refractivity contribution is -0.129. The van der Waals surface area contributed by atoms with Crippen LogP contribution in [0.3, 0.4) is 0 Å². The summed E-state index contributed by atoms with van der Waals surface area (Å²) in [5.41, 5.74) is 1.26. The number of rotatable bonds is 6. The van der Waals surface area contributed by atoms with E-state index in [0.717, 1.165) is 57.2 Å². The lowest BCUT2D eigenvalue weighted by Crippen LogP contribution is -2.40. The molecule has 2 fully saturated rings. The number of hydrogen-bond donors (Lipinski definition) is 1. The summed E-state index contributed by atoms with van der Waals surface area (Å²) in [7, 11) is 3.54. The van der Waals surface area contributed by atoms with Crippen LogP contribution in [-0.2, 0) is 9.59 Å². The van der Waals surface area contributed by atoms with Gasteiger partial charge in [-0.05, 0) is 37.7 Å². The molecular formula is C22H33N5O3S. The Bertz CT molecular complexity index is 782. The lowest BCUT2D eigenvalue weighted by Gasteiger charge is -2.26. The number of carbonyl (C=O) groups is 3. The topological polar surface area (TPSA) is 76.2 Å². The van der Waals surface area contributed by atoms with Crippen LogP contribution >= 0.6 is 11.8 Å². The SMILES string of the molecule is CN(C)C(=O)CN1CCCN(CC(=O)Nc2cccc(C(=O)N3CCSCC3)c2)CC1. The van der Waals surface area contributed by atoms with Gasteiger partial charge in [0, 0.05) is 63.0 Å². The minimum absolute atomic E-state index is 0.0243. The van der Waals surface area contributed by atoms with E-state index in [-0.39, 0.29) is 17.7 Å². The van der Waals surface area contributed by atoms with E-state index < -0.39 is 0 Å². The largest absolute Gasteiger partial charge is 0.348 e. The molecule has 0 unspecified atom stereocenters. The molecule has 0 aliphatic carbocycles. The van der Waals surface area contributed by atoms with Crippen molar-refractivity contribution in [1.82, 2.24) is 19.6 Å². The van der Waals surface area contributed by atoms with Crippen LogP contribution in [0.1, 0.15) is 16.8 Å². The molecule has 0 bridgehead atoms. The highest BCUT2D eigenvalue weighted by molar-refractivity contribution is 7.99. The predicted molar refractivity (Wildman–Crippen MR) is 124 cm³/mol. The zero-order chi connectivity index (χ0) is 22.2. The molecule has 0 spiro atoms. The van der Waals surface area contributed by atoms with Crippen molar-refractivity contribution in [3.63, 3.8) is 0 Å². The molecular weight excluding hydrogens is 414 g/mol. The maximum Gasteiger partial charge on any atom is 0.253 e. The Balaban J connectivity index is 1.49. The Kier molecular flexibility index (Phi) is 8.74. The van der Waals surface area contributed by atoms with Gasteiger partial charge in [-0.3, -0.25) is 24.2 Å². The molecule has 0 saturated carbocycles. The van der Waals surface area contributed by atoms with Gasteiger partial charge in [-0.1, -0.05) is 6.07 Å². The summed E-state index contributed by atoms with van der Waals surface area (Å²) in [5.74, 6) is 1.98. The number of anilines is 1. The van der Waals surface area contributed by atoms with Crippen molar-refractivity contribution < 1.29 is 14.4 Å². The van der Waals surface area contributed by atoms with Crippen LogP contribution in [-0.4, -0.2) is 115 Å². The summed E-state index contributed by atoms with van der Waals surface area (Å²) < 4.78 is 0. The fourth-order valence-electron chi connectivity index (χ4n) is 3.76. The average Bonchev–Trinajstić information content (AvgIpc) is 2.98. The second-order valence-corrected chi connectivity index (χ2v) is 9.45. The third-order valence-electron chi connectivity index (χ3n) is 5.60. The van der Waals surface area contributed by atoms with Crippen LogP contribution in [0.25, 0.3) is 0 Å². The number of nitrogens with one attached hydrogen (secondary N) is 1. The quantitative estimate of drug-likeness (QED) is 0.699. The highest BCUT2D eigenvalue weighted by atomic mass is 32.2. The molecule has 2 aliphatic rings. The first-order valence-electron chi connectivity index (χ1n) is 10.8. The molecule has 0 aromatic heterocycles. The van der Waals surface area contributed by atoms with Crippen molar-refractivity contribution in [2.45, 2.75) is 6.42 Å². The van der Waals surface area contributed by atoms with Gasteiger partial charge in [0.05, 0.1) is 13.1 Å². The molecule has 3 rings (SSSR count). The second kappa shape index (κ2) is 11.5. The maximum atomic E-state index is 12.7. The lowest BCUT2D eigenvalue weighted by atomic mass is 10.1. The molecule has 0 radical (unpaired) electrons. The fraction of sp³-hybridized carbons (Fsp3) is 0.591. The Labute approximate surface area is 188 Å². The van der Waals surface area contributed by atoms with E-state index in [9.17, 15) is 14.4 Å². The van der Waals surface area contributed by atoms with Crippen LogP contribution < -0.4 is 5.32 Å². The Morgan fingerprint density at radius 1 is 0.968 bits per heavy atom. The van der Waals surface area contributed by atoms with Gasteiger partial charge in [0.15, 0.2) is 0 Å². The van der Waals surface area contributed by atoms with Gasteiger partial charge >= 0.3 is 0 Å². The molecule has 2 aliphatic heterocycles. The summed E-state index contributed by atoms with van der Waals surface area (Å²) in [6.45, 7) is 5.46. The molecule has 9 heteroatoms. The number of thioether (sulfide) groups is 1. The third-order valence-corrected chi connectivity index (χ3v) is 6.54. The standard InChI is InChI=1S/C22H33N5O3S/c1-24(2)21(29)17-26-8-4-7-25(9-10-26)16-20(28)23-19-6-3-5-18(15-19)22(30)27-11-13-31-14-12-27/h3,5-6,15H,4,7-14,16-17H2,1-2H3,(H,23,28). The summed E-state index contributed by atoms with van der Waals surface area (Å²) >= 11 is 1.87. The molecule has 0 atom stereocenters. The predicted octanol–water partition coefficient (Wildman–Crippen LogP) is 0.910. The first-order chi connectivity index (χ1) is 14.9. The van der Waals surface area contributed by atoms with E-state index in [1.54, 1.807) is 31.1 Å². The van der Waals surface area contributed by atoms with E-state index in [0.29, 0.717) is 24.3 Å². The van der Waals surface area contributed by atoms with Gasteiger partial charge < -0.3 is 15.1 Å². The van der Waals surface area contributed by atoms with Gasteiger partial charge in [-0.15, -0.1) is 0 Å². The van der Waals surface area contributed by atoms with Crippen LogP contribution in [0.4, 0.5) is 5.69 Å². The van der Waals surface area contributed by atoms with Crippen LogP contribution in [0.2, 0.25) is 0 Å². The van der Waals surface area contributed by atoms with E-state index in [2.05, 4.69) is 15.1 Å². The zero-order valence-electron chi connectivity index (χ0n) is 18.5. The molecule has 8 nitrogen and oxygen atoms in total. The van der Waals surface area contributed by atoms with Crippen LogP contribution in [0, 0.1) is 0 Å². The Morgan fingerprint density at radius 2 is 1.65 bits per heavy atom. The highest BCUT2D eigenvalue weighted by Gasteiger charge is 2.21. The van der Waals surface area contributed by atoms with Crippen molar-refractivity contribution in [1.29, 1.82) is 0 Å². The van der Waals surface area contributed by atoms with E-state index in [1.807, 2.05) is 28.8 Å². The van der Waals surface area contributed by atoms with Crippen molar-refractivity contribution in [3.05, 3.63) is 29.8 Å². The molecule has 31 heavy (non-hydrogen) atoms. The number of carbonyl (C=O) groups excluding carboxylic acids is 3. The normalized spacial score (nSPS) is 18.3. The van der Waals surface area contributed by atoms with Gasteiger partial charge in [-0.25, -0.2) is 0 Å². The van der Waals surface area contributed by atoms with Crippen molar-refractivity contribution in [3.8, 4) is 0 Å². The smallest absolute Gasteiger partial charge is 0.253 e. The summed E-state index contributed by atoms with van der Waals surface area (Å²) in [6, 6.07) is 7.20. The van der Waals surface area contributed by atoms with Crippen molar-refractivity contribution in [2.24, 2.45) is 0 Å². The number of benzene rings is 1. The van der Waals surface area contributed by atoms with E-state index in [1.165, 1.54) is 0 Å². The van der Waals surface area contributed by atoms with E-state index >= 15 is 0 Å². The zero-order valence-corrected chi connectivity index (χ0v) is 19.3. The van der Waals surface area contributed by atoms with Gasteiger partial charge in [0.25, 0.3) is 5.91 Å². The molecule has 1 aromatic rings. The molecule has 1 aromatic carbocycles. The first-order valence-corrected chi connectivity index (χ1v) is 12.0.